The molecular weight excluding hydrogens is 291 g/mol. The molecule has 0 aromatic heterocycles. The lowest BCUT2D eigenvalue weighted by molar-refractivity contribution is 0.504. The largest absolute Gasteiger partial charge is 0.206 e. The van der Waals surface area contributed by atoms with Gasteiger partial charge in [-0.25, -0.2) is 4.39 Å². The first-order valence-electron chi connectivity index (χ1n) is 6.49. The molecule has 18 heavy (non-hydrogen) atoms. The lowest BCUT2D eigenvalue weighted by Gasteiger charge is -2.20. The first-order chi connectivity index (χ1) is 8.68. The first kappa shape index (κ1) is 12.2. The van der Waals surface area contributed by atoms with Gasteiger partial charge in [-0.3, -0.25) is 0 Å². The summed E-state index contributed by atoms with van der Waals surface area (Å²) < 4.78 is 13.8. The quantitative estimate of drug-likeness (QED) is 0.660. The third kappa shape index (κ3) is 2.07. The van der Waals surface area contributed by atoms with E-state index in [0.717, 1.165) is 16.7 Å². The van der Waals surface area contributed by atoms with Gasteiger partial charge in [-0.2, -0.15) is 0 Å². The molecule has 1 saturated carbocycles. The lowest BCUT2D eigenvalue weighted by Crippen LogP contribution is -2.06. The van der Waals surface area contributed by atoms with Gasteiger partial charge in [-0.15, -0.1) is 0 Å². The Bertz CT molecular complexity index is 574. The second-order valence-electron chi connectivity index (χ2n) is 5.28. The van der Waals surface area contributed by atoms with E-state index in [2.05, 4.69) is 22.9 Å². The van der Waals surface area contributed by atoms with Crippen molar-refractivity contribution in [3.05, 3.63) is 47.8 Å². The van der Waals surface area contributed by atoms with Crippen LogP contribution < -0.4 is 0 Å². The molecule has 0 aliphatic heterocycles. The van der Waals surface area contributed by atoms with Crippen LogP contribution in [0, 0.1) is 17.7 Å². The van der Waals surface area contributed by atoms with Gasteiger partial charge in [0.1, 0.15) is 5.82 Å². The summed E-state index contributed by atoms with van der Waals surface area (Å²) in [4.78, 5) is 0.315. The predicted octanol–water partition coefficient (Wildman–Crippen LogP) is 5.46. The van der Waals surface area contributed by atoms with E-state index >= 15 is 0 Å². The van der Waals surface area contributed by atoms with Crippen LogP contribution in [-0.2, 0) is 0 Å². The Morgan fingerprint density at radius 1 is 1.11 bits per heavy atom. The fourth-order valence-corrected chi connectivity index (χ4v) is 3.50. The van der Waals surface area contributed by atoms with Crippen molar-refractivity contribution in [1.82, 2.24) is 0 Å². The molecule has 1 aliphatic carbocycles. The fraction of sp³-hybridized carbons (Fsp3) is 0.375. The maximum absolute atomic E-state index is 13.8. The van der Waals surface area contributed by atoms with E-state index < -0.39 is 0 Å². The van der Waals surface area contributed by atoms with Gasteiger partial charge in [-0.05, 0) is 41.7 Å². The van der Waals surface area contributed by atoms with Crippen LogP contribution >= 0.6 is 15.9 Å². The third-order valence-electron chi connectivity index (χ3n) is 4.03. The van der Waals surface area contributed by atoms with E-state index in [1.807, 2.05) is 30.3 Å². The summed E-state index contributed by atoms with van der Waals surface area (Å²) in [6.45, 7) is 2.29. The molecule has 2 aromatic rings. The SMILES string of the molecule is CC(C1CC1)C(Br)c1ccc(F)c2ccccc12. The van der Waals surface area contributed by atoms with Crippen LogP contribution in [0.25, 0.3) is 10.8 Å². The summed E-state index contributed by atoms with van der Waals surface area (Å²) in [6.07, 6.45) is 2.67. The zero-order chi connectivity index (χ0) is 12.7. The fourth-order valence-electron chi connectivity index (χ4n) is 2.67. The van der Waals surface area contributed by atoms with Crippen molar-refractivity contribution in [2.45, 2.75) is 24.6 Å². The maximum Gasteiger partial charge on any atom is 0.131 e. The topological polar surface area (TPSA) is 0 Å². The highest BCUT2D eigenvalue weighted by molar-refractivity contribution is 9.09. The van der Waals surface area contributed by atoms with Crippen molar-refractivity contribution in [3.63, 3.8) is 0 Å². The van der Waals surface area contributed by atoms with Crippen molar-refractivity contribution in [2.24, 2.45) is 11.8 Å². The Labute approximate surface area is 115 Å². The summed E-state index contributed by atoms with van der Waals surface area (Å²) in [6, 6.07) is 11.3. The standard InChI is InChI=1S/C16H16BrF/c1-10(11-6-7-11)16(17)14-8-9-15(18)13-5-3-2-4-12(13)14/h2-5,8-11,16H,6-7H2,1H3. The Morgan fingerprint density at radius 2 is 1.78 bits per heavy atom. The molecule has 0 heterocycles. The number of halogens is 2. The van der Waals surface area contributed by atoms with Crippen LogP contribution in [0.5, 0.6) is 0 Å². The minimum absolute atomic E-state index is 0.131. The van der Waals surface area contributed by atoms with Crippen molar-refractivity contribution in [1.29, 1.82) is 0 Å². The molecule has 0 amide bonds. The van der Waals surface area contributed by atoms with E-state index in [-0.39, 0.29) is 5.82 Å². The van der Waals surface area contributed by atoms with Gasteiger partial charge in [0.15, 0.2) is 0 Å². The molecule has 1 fully saturated rings. The molecule has 0 bridgehead atoms. The normalized spacial score (nSPS) is 18.8. The third-order valence-corrected chi connectivity index (χ3v) is 5.36. The first-order valence-corrected chi connectivity index (χ1v) is 7.41. The lowest BCUT2D eigenvalue weighted by atomic mass is 9.93. The summed E-state index contributed by atoms with van der Waals surface area (Å²) >= 11 is 3.82. The summed E-state index contributed by atoms with van der Waals surface area (Å²) in [5.74, 6) is 1.31. The van der Waals surface area contributed by atoms with E-state index in [4.69, 9.17) is 0 Å². The number of benzene rings is 2. The van der Waals surface area contributed by atoms with Gasteiger partial charge >= 0.3 is 0 Å². The molecule has 94 valence electrons. The van der Waals surface area contributed by atoms with Gasteiger partial charge in [0.2, 0.25) is 0 Å². The van der Waals surface area contributed by atoms with Gasteiger partial charge < -0.3 is 0 Å². The number of alkyl halides is 1. The van der Waals surface area contributed by atoms with E-state index in [0.29, 0.717) is 10.7 Å². The highest BCUT2D eigenvalue weighted by Gasteiger charge is 2.33. The van der Waals surface area contributed by atoms with Gasteiger partial charge in [0.05, 0.1) is 0 Å². The van der Waals surface area contributed by atoms with Gasteiger partial charge in [0, 0.05) is 10.2 Å². The zero-order valence-electron chi connectivity index (χ0n) is 10.4. The van der Waals surface area contributed by atoms with Crippen molar-refractivity contribution in [3.8, 4) is 0 Å². The van der Waals surface area contributed by atoms with Crippen molar-refractivity contribution in [2.75, 3.05) is 0 Å². The molecule has 2 unspecified atom stereocenters. The summed E-state index contributed by atoms with van der Waals surface area (Å²) in [7, 11) is 0. The van der Waals surface area contributed by atoms with E-state index in [9.17, 15) is 4.39 Å². The minimum Gasteiger partial charge on any atom is -0.206 e. The second kappa shape index (κ2) is 4.65. The Kier molecular flexibility index (Phi) is 3.14. The molecule has 2 heteroatoms. The van der Waals surface area contributed by atoms with Crippen LogP contribution in [0.1, 0.15) is 30.2 Å². The van der Waals surface area contributed by atoms with Crippen LogP contribution in [-0.4, -0.2) is 0 Å². The molecule has 2 aromatic carbocycles. The maximum atomic E-state index is 13.8. The highest BCUT2D eigenvalue weighted by atomic mass is 79.9. The number of rotatable bonds is 3. The molecule has 1 aliphatic rings. The van der Waals surface area contributed by atoms with Gasteiger partial charge in [-0.1, -0.05) is 53.2 Å². The second-order valence-corrected chi connectivity index (χ2v) is 6.27. The Morgan fingerprint density at radius 3 is 2.44 bits per heavy atom. The molecule has 3 rings (SSSR count). The molecule has 0 N–H and O–H groups in total. The Balaban J connectivity index is 2.08. The van der Waals surface area contributed by atoms with Crippen LogP contribution in [0.3, 0.4) is 0 Å². The number of hydrogen-bond acceptors (Lipinski definition) is 0. The smallest absolute Gasteiger partial charge is 0.131 e. The van der Waals surface area contributed by atoms with Crippen LogP contribution in [0.2, 0.25) is 0 Å². The average molecular weight is 307 g/mol. The average Bonchev–Trinajstić information content (AvgIpc) is 3.22. The van der Waals surface area contributed by atoms with Crippen LogP contribution in [0.4, 0.5) is 4.39 Å². The number of fused-ring (bicyclic) bond motifs is 1. The van der Waals surface area contributed by atoms with Crippen molar-refractivity contribution < 1.29 is 4.39 Å². The number of hydrogen-bond donors (Lipinski definition) is 0. The molecule has 2 atom stereocenters. The monoisotopic (exact) mass is 306 g/mol. The molecule has 0 nitrogen and oxygen atoms in total. The van der Waals surface area contributed by atoms with Crippen LogP contribution in [0.15, 0.2) is 36.4 Å². The predicted molar refractivity (Wildman–Crippen MR) is 77.5 cm³/mol. The van der Waals surface area contributed by atoms with Gasteiger partial charge in [0.25, 0.3) is 0 Å². The minimum atomic E-state index is -0.131. The molecular formula is C16H16BrF. The summed E-state index contributed by atoms with van der Waals surface area (Å²) in [5.41, 5.74) is 1.21. The van der Waals surface area contributed by atoms with Crippen molar-refractivity contribution >= 4 is 26.7 Å². The molecule has 0 spiro atoms. The zero-order valence-corrected chi connectivity index (χ0v) is 12.0. The Hall–Kier alpha value is -0.890. The summed E-state index contributed by atoms with van der Waals surface area (Å²) in [5, 5.41) is 1.76. The van der Waals surface area contributed by atoms with E-state index in [1.165, 1.54) is 18.4 Å². The molecule has 0 radical (unpaired) electrons. The highest BCUT2D eigenvalue weighted by Crippen LogP contribution is 2.47. The van der Waals surface area contributed by atoms with E-state index in [1.54, 1.807) is 6.07 Å². The molecule has 0 saturated heterocycles.